The van der Waals surface area contributed by atoms with E-state index in [4.69, 9.17) is 23.2 Å². The number of hydrogen-bond donors (Lipinski definition) is 1. The van der Waals surface area contributed by atoms with Crippen LogP contribution in [0.15, 0.2) is 90.8 Å². The molecule has 0 bridgehead atoms. The number of hydrogen-bond acceptors (Lipinski definition) is 15. The maximum Gasteiger partial charge on any atom is 1.00 e. The predicted molar refractivity (Wildman–Crippen MR) is 155 cm³/mol. The van der Waals surface area contributed by atoms with Gasteiger partial charge in [0, 0.05) is 0 Å². The number of benzene rings is 3. The number of hydrazone groups is 1. The second kappa shape index (κ2) is 17.1. The van der Waals surface area contributed by atoms with Gasteiger partial charge in [0.2, 0.25) is 0 Å². The van der Waals surface area contributed by atoms with Gasteiger partial charge in [-0.05, 0) is 66.1 Å². The number of rotatable bonds is 8. The van der Waals surface area contributed by atoms with Gasteiger partial charge in [-0.1, -0.05) is 29.3 Å². The minimum atomic E-state index is -5.05. The molecule has 5 rings (SSSR count). The average molecular weight is 774 g/mol. The number of fused-ring (bicyclic) bond motifs is 1. The second-order valence-electron chi connectivity index (χ2n) is 9.04. The minimum absolute atomic E-state index is 0. The van der Waals surface area contributed by atoms with Crippen molar-refractivity contribution in [3.05, 3.63) is 76.5 Å². The molecule has 24 heteroatoms. The second-order valence-corrected chi connectivity index (χ2v) is 12.5. The Morgan fingerprint density at radius 2 is 1.49 bits per heavy atom. The fraction of sp³-hybridized carbons (Fsp3) is 0.0400. The van der Waals surface area contributed by atoms with Crippen LogP contribution in [0.25, 0.3) is 11.0 Å². The zero-order valence-corrected chi connectivity index (χ0v) is 34.3. The van der Waals surface area contributed by atoms with Crippen LogP contribution >= 0.6 is 23.2 Å². The number of nitrogens with zero attached hydrogens (tertiary/aromatic N) is 7. The van der Waals surface area contributed by atoms with Crippen molar-refractivity contribution in [1.29, 1.82) is 0 Å². The molecular formula is C25H12Cl2N7Na3O10S2. The Hall–Kier alpha value is -1.92. The molecule has 0 aliphatic carbocycles. The number of aromatic nitrogens is 2. The molecular weight excluding hydrogens is 762 g/mol. The van der Waals surface area contributed by atoms with Gasteiger partial charge < -0.3 is 19.6 Å². The molecule has 2 heterocycles. The van der Waals surface area contributed by atoms with E-state index < -0.39 is 65.2 Å². The first-order valence-corrected chi connectivity index (χ1v) is 15.7. The number of amides is 1. The van der Waals surface area contributed by atoms with Crippen LogP contribution in [0.1, 0.15) is 5.56 Å². The minimum Gasteiger partial charge on any atom is -0.858 e. The van der Waals surface area contributed by atoms with Crippen molar-refractivity contribution in [2.45, 2.75) is 15.8 Å². The SMILES string of the molecule is O=C([O-])C1=NN(c2ccc(S(=O)(=O)[O-])cc2)C(=O)C1N=Nc1ccc(N=C([O-])c2ccc3nc(Cl)c(Cl)nc3c2)cc1S(=O)(=O)O.[Na+].[Na+].[Na+]. The number of carboxylic acids is 1. The quantitative estimate of drug-likeness (QED) is 0.0575. The molecule has 17 nitrogen and oxygen atoms in total. The number of carbonyl (C=O) groups excluding carboxylic acids is 2. The molecule has 4 aromatic rings. The van der Waals surface area contributed by atoms with Crippen molar-refractivity contribution in [2.75, 3.05) is 5.01 Å². The summed E-state index contributed by atoms with van der Waals surface area (Å²) >= 11 is 11.7. The molecule has 1 aliphatic heterocycles. The van der Waals surface area contributed by atoms with E-state index in [0.29, 0.717) is 10.5 Å². The van der Waals surface area contributed by atoms with E-state index in [9.17, 15) is 45.7 Å². The van der Waals surface area contributed by atoms with E-state index in [2.05, 4.69) is 30.3 Å². The van der Waals surface area contributed by atoms with Crippen LogP contribution in [-0.4, -0.2) is 65.4 Å². The molecule has 1 aromatic heterocycles. The number of carboxylic acid groups (broad SMARTS) is 1. The van der Waals surface area contributed by atoms with E-state index in [1.165, 1.54) is 18.2 Å². The molecule has 1 amide bonds. The summed E-state index contributed by atoms with van der Waals surface area (Å²) in [6.45, 7) is 0. The number of halogens is 2. The van der Waals surface area contributed by atoms with Crippen LogP contribution in [0.2, 0.25) is 10.3 Å². The summed E-state index contributed by atoms with van der Waals surface area (Å²) < 4.78 is 67.6. The van der Waals surface area contributed by atoms with Gasteiger partial charge in [0.05, 0.1) is 33.3 Å². The zero-order chi connectivity index (χ0) is 33.6. The van der Waals surface area contributed by atoms with Crippen LogP contribution in [0.3, 0.4) is 0 Å². The Balaban J connectivity index is 0.00000278. The molecule has 1 aliphatic rings. The first-order chi connectivity index (χ1) is 21.5. The fourth-order valence-corrected chi connectivity index (χ4v) is 5.33. The summed E-state index contributed by atoms with van der Waals surface area (Å²) in [6, 6.07) is 8.77. The Kier molecular flexibility index (Phi) is 15.1. The molecule has 0 saturated heterocycles. The number of anilines is 1. The zero-order valence-electron chi connectivity index (χ0n) is 25.2. The van der Waals surface area contributed by atoms with Crippen molar-refractivity contribution in [3.8, 4) is 0 Å². The molecule has 0 radical (unpaired) electrons. The van der Waals surface area contributed by atoms with E-state index in [0.717, 1.165) is 42.5 Å². The van der Waals surface area contributed by atoms with Crippen LogP contribution in [0.4, 0.5) is 17.1 Å². The summed E-state index contributed by atoms with van der Waals surface area (Å²) in [7, 11) is -9.87. The van der Waals surface area contributed by atoms with Crippen molar-refractivity contribution < 1.29 is 134 Å². The Bertz CT molecular complexity index is 2280. The van der Waals surface area contributed by atoms with Gasteiger partial charge in [-0.2, -0.15) is 28.8 Å². The number of azo groups is 1. The van der Waals surface area contributed by atoms with E-state index in [-0.39, 0.29) is 121 Å². The molecule has 0 fully saturated rings. The van der Waals surface area contributed by atoms with Gasteiger partial charge in [-0.15, -0.1) is 0 Å². The van der Waals surface area contributed by atoms with Gasteiger partial charge in [0.1, 0.15) is 26.4 Å². The predicted octanol–water partition coefficient (Wildman–Crippen LogP) is -7.86. The third-order valence-electron chi connectivity index (χ3n) is 6.05. The van der Waals surface area contributed by atoms with Crippen LogP contribution in [0.5, 0.6) is 0 Å². The summed E-state index contributed by atoms with van der Waals surface area (Å²) in [4.78, 5) is 35.0. The van der Waals surface area contributed by atoms with Crippen molar-refractivity contribution in [2.24, 2.45) is 20.3 Å². The van der Waals surface area contributed by atoms with E-state index >= 15 is 0 Å². The third kappa shape index (κ3) is 9.90. The average Bonchev–Trinajstić information content (AvgIpc) is 3.32. The molecule has 1 N–H and O–H groups in total. The molecule has 3 aromatic carbocycles. The standard InChI is InChI=1S/C25H15Cl2N7O10S2.3Na/c26-21-22(27)30-17-9-11(1-7-15(17)29-21)23(35)28-12-2-8-16(18(10-12)46(42,43)44)31-32-19-20(25(37)38)33-34(24(19)36)13-3-5-14(6-4-13)45(39,40)41;;;/h1-10,19H,(H,28,35)(H,37,38)(H,39,40,41)(H,42,43,44);;;/q;3*+1/p-3. The first kappa shape index (κ1) is 43.2. The number of aliphatic carboxylic acids is 1. The van der Waals surface area contributed by atoms with Crippen LogP contribution < -0.4 is 104 Å². The van der Waals surface area contributed by atoms with Gasteiger partial charge in [0.25, 0.3) is 16.0 Å². The Labute approximate surface area is 352 Å². The normalized spacial score (nSPS) is 15.0. The van der Waals surface area contributed by atoms with Gasteiger partial charge in [-0.25, -0.2) is 18.4 Å². The van der Waals surface area contributed by atoms with E-state index in [1.807, 2.05) is 0 Å². The molecule has 1 unspecified atom stereocenters. The first-order valence-electron chi connectivity index (χ1n) is 12.1. The summed E-state index contributed by atoms with van der Waals surface area (Å²) in [5.41, 5.74) is -1.35. The fourth-order valence-electron chi connectivity index (χ4n) is 3.95. The van der Waals surface area contributed by atoms with Crippen LogP contribution in [-0.2, 0) is 29.8 Å². The van der Waals surface area contributed by atoms with Gasteiger partial charge in [-0.3, -0.25) is 14.3 Å². The van der Waals surface area contributed by atoms with Crippen molar-refractivity contribution in [1.82, 2.24) is 9.97 Å². The van der Waals surface area contributed by atoms with Crippen molar-refractivity contribution >= 4 is 95.0 Å². The maximum absolute atomic E-state index is 13.0. The third-order valence-corrected chi connectivity index (χ3v) is 8.41. The summed E-state index contributed by atoms with van der Waals surface area (Å²) in [6.07, 6.45) is 0. The van der Waals surface area contributed by atoms with Crippen LogP contribution in [0, 0.1) is 0 Å². The summed E-state index contributed by atoms with van der Waals surface area (Å²) in [5.74, 6) is -3.90. The molecule has 49 heavy (non-hydrogen) atoms. The smallest absolute Gasteiger partial charge is 0.858 e. The van der Waals surface area contributed by atoms with E-state index in [1.54, 1.807) is 0 Å². The number of aliphatic imine (C=N–C) groups is 1. The monoisotopic (exact) mass is 773 g/mol. The largest absolute Gasteiger partial charge is 1.00 e. The van der Waals surface area contributed by atoms with Gasteiger partial charge in [0.15, 0.2) is 16.3 Å². The van der Waals surface area contributed by atoms with Gasteiger partial charge >= 0.3 is 88.7 Å². The molecule has 1 atom stereocenters. The topological polar surface area (TPSA) is 270 Å². The summed E-state index contributed by atoms with van der Waals surface area (Å²) in [5, 5.41) is 35.7. The molecule has 0 spiro atoms. The van der Waals surface area contributed by atoms with Crippen molar-refractivity contribution in [3.63, 3.8) is 0 Å². The number of carbonyl (C=O) groups is 2. The Morgan fingerprint density at radius 3 is 2.06 bits per heavy atom. The maximum atomic E-state index is 13.0. The molecule has 0 saturated carbocycles. The molecule has 236 valence electrons. The Morgan fingerprint density at radius 1 is 0.878 bits per heavy atom.